The summed E-state index contributed by atoms with van der Waals surface area (Å²) in [6.45, 7) is 3.81. The van der Waals surface area contributed by atoms with Crippen molar-refractivity contribution in [3.63, 3.8) is 0 Å². The second-order valence-electron chi connectivity index (χ2n) is 4.45. The average Bonchev–Trinajstić information content (AvgIpc) is 2.15. The molecule has 1 fully saturated rings. The van der Waals surface area contributed by atoms with E-state index >= 15 is 0 Å². The summed E-state index contributed by atoms with van der Waals surface area (Å²) in [6.07, 6.45) is 5.25. The molecule has 1 aliphatic carbocycles. The van der Waals surface area contributed by atoms with Crippen molar-refractivity contribution in [1.82, 2.24) is 0 Å². The fraction of sp³-hybridized carbons (Fsp3) is 0.833. The molecular formula is C12H20O2. The summed E-state index contributed by atoms with van der Waals surface area (Å²) in [5.41, 5.74) is 0. The maximum Gasteiger partial charge on any atom is 0.132 e. The van der Waals surface area contributed by atoms with E-state index in [9.17, 15) is 9.59 Å². The van der Waals surface area contributed by atoms with E-state index in [0.717, 1.165) is 32.1 Å². The van der Waals surface area contributed by atoms with Gasteiger partial charge >= 0.3 is 0 Å². The summed E-state index contributed by atoms with van der Waals surface area (Å²) >= 11 is 0. The topological polar surface area (TPSA) is 34.1 Å². The molecule has 14 heavy (non-hydrogen) atoms. The third kappa shape index (κ3) is 3.24. The lowest BCUT2D eigenvalue weighted by Crippen LogP contribution is -2.22. The van der Waals surface area contributed by atoms with Crippen molar-refractivity contribution >= 4 is 11.6 Å². The summed E-state index contributed by atoms with van der Waals surface area (Å²) in [5.74, 6) is 1.81. The Morgan fingerprint density at radius 3 is 2.43 bits per heavy atom. The van der Waals surface area contributed by atoms with Crippen LogP contribution in [0.15, 0.2) is 0 Å². The van der Waals surface area contributed by atoms with Crippen LogP contribution in [0.2, 0.25) is 0 Å². The number of hydrogen-bond donors (Lipinski definition) is 0. The van der Waals surface area contributed by atoms with Crippen LogP contribution in [0.4, 0.5) is 0 Å². The quantitative estimate of drug-likeness (QED) is 0.692. The molecule has 0 spiro atoms. The molecule has 1 rings (SSSR count). The van der Waals surface area contributed by atoms with Gasteiger partial charge in [-0.3, -0.25) is 4.79 Å². The monoisotopic (exact) mass is 196 g/mol. The molecule has 1 unspecified atom stereocenters. The largest absolute Gasteiger partial charge is 0.300 e. The lowest BCUT2D eigenvalue weighted by Gasteiger charge is -2.28. The summed E-state index contributed by atoms with van der Waals surface area (Å²) in [4.78, 5) is 22.1. The highest BCUT2D eigenvalue weighted by atomic mass is 16.1. The van der Waals surface area contributed by atoms with E-state index in [2.05, 4.69) is 6.92 Å². The molecule has 0 heterocycles. The molecule has 0 aromatic rings. The van der Waals surface area contributed by atoms with Gasteiger partial charge in [-0.25, -0.2) is 0 Å². The highest BCUT2D eigenvalue weighted by Gasteiger charge is 2.25. The first-order valence-corrected chi connectivity index (χ1v) is 5.64. The molecule has 0 amide bonds. The van der Waals surface area contributed by atoms with E-state index in [0.29, 0.717) is 24.0 Å². The van der Waals surface area contributed by atoms with E-state index in [4.69, 9.17) is 0 Å². The van der Waals surface area contributed by atoms with Gasteiger partial charge in [0.1, 0.15) is 11.6 Å². The van der Waals surface area contributed by atoms with Crippen molar-refractivity contribution < 1.29 is 9.59 Å². The third-order valence-electron chi connectivity index (χ3n) is 3.33. The lowest BCUT2D eigenvalue weighted by molar-refractivity contribution is -0.121. The first kappa shape index (κ1) is 11.4. The van der Waals surface area contributed by atoms with Gasteiger partial charge in [-0.15, -0.1) is 0 Å². The Kier molecular flexibility index (Phi) is 4.30. The number of hydrogen-bond acceptors (Lipinski definition) is 2. The Labute approximate surface area is 86.1 Å². The number of carbonyl (C=O) groups is 2. The maximum absolute atomic E-state index is 11.1. The summed E-state index contributed by atoms with van der Waals surface area (Å²) in [5, 5.41) is 0. The zero-order chi connectivity index (χ0) is 10.6. The molecule has 1 atom stereocenters. The first-order chi connectivity index (χ1) is 6.63. The minimum Gasteiger partial charge on any atom is -0.300 e. The second kappa shape index (κ2) is 5.28. The van der Waals surface area contributed by atoms with E-state index in [1.165, 1.54) is 0 Å². The van der Waals surface area contributed by atoms with E-state index < -0.39 is 0 Å². The molecule has 2 heteroatoms. The van der Waals surface area contributed by atoms with Gasteiger partial charge in [0, 0.05) is 19.3 Å². The van der Waals surface area contributed by atoms with Gasteiger partial charge in [-0.05, 0) is 31.6 Å². The SMILES string of the molecule is CCC(CC(C)=O)C1CCC(=O)CC1. The summed E-state index contributed by atoms with van der Waals surface area (Å²) in [6, 6.07) is 0. The molecule has 1 saturated carbocycles. The van der Waals surface area contributed by atoms with Crippen molar-refractivity contribution in [2.75, 3.05) is 0 Å². The molecular weight excluding hydrogens is 176 g/mol. The Bertz CT molecular complexity index is 210. The van der Waals surface area contributed by atoms with Crippen LogP contribution in [0.1, 0.15) is 52.4 Å². The van der Waals surface area contributed by atoms with Gasteiger partial charge in [0.15, 0.2) is 0 Å². The molecule has 80 valence electrons. The van der Waals surface area contributed by atoms with Crippen molar-refractivity contribution in [1.29, 1.82) is 0 Å². The Balaban J connectivity index is 2.44. The average molecular weight is 196 g/mol. The fourth-order valence-corrected chi connectivity index (χ4v) is 2.45. The number of carbonyl (C=O) groups excluding carboxylic acids is 2. The van der Waals surface area contributed by atoms with Crippen LogP contribution in [-0.4, -0.2) is 11.6 Å². The van der Waals surface area contributed by atoms with Crippen molar-refractivity contribution in [3.8, 4) is 0 Å². The van der Waals surface area contributed by atoms with E-state index in [-0.39, 0.29) is 5.78 Å². The zero-order valence-corrected chi connectivity index (χ0v) is 9.21. The highest BCUT2D eigenvalue weighted by molar-refractivity contribution is 5.79. The van der Waals surface area contributed by atoms with Gasteiger partial charge in [0.25, 0.3) is 0 Å². The number of Topliss-reactive ketones (excluding diaryl/α,β-unsaturated/α-hetero) is 2. The van der Waals surface area contributed by atoms with Gasteiger partial charge in [-0.2, -0.15) is 0 Å². The molecule has 0 radical (unpaired) electrons. The molecule has 0 N–H and O–H groups in total. The second-order valence-corrected chi connectivity index (χ2v) is 4.45. The first-order valence-electron chi connectivity index (χ1n) is 5.64. The Hall–Kier alpha value is -0.660. The van der Waals surface area contributed by atoms with Crippen LogP contribution in [-0.2, 0) is 9.59 Å². The summed E-state index contributed by atoms with van der Waals surface area (Å²) in [7, 11) is 0. The van der Waals surface area contributed by atoms with E-state index in [1.54, 1.807) is 6.92 Å². The summed E-state index contributed by atoms with van der Waals surface area (Å²) < 4.78 is 0. The van der Waals surface area contributed by atoms with Crippen molar-refractivity contribution in [3.05, 3.63) is 0 Å². The molecule has 0 bridgehead atoms. The molecule has 1 aliphatic rings. The standard InChI is InChI=1S/C12H20O2/c1-3-10(8-9(2)13)11-4-6-12(14)7-5-11/h10-11H,3-8H2,1-2H3. The minimum absolute atomic E-state index is 0.286. The van der Waals surface area contributed by atoms with Crippen molar-refractivity contribution in [2.24, 2.45) is 11.8 Å². The third-order valence-corrected chi connectivity index (χ3v) is 3.33. The van der Waals surface area contributed by atoms with Crippen LogP contribution in [0.25, 0.3) is 0 Å². The molecule has 0 aromatic carbocycles. The van der Waals surface area contributed by atoms with E-state index in [1.807, 2.05) is 0 Å². The predicted octanol–water partition coefficient (Wildman–Crippen LogP) is 2.75. The Morgan fingerprint density at radius 1 is 1.43 bits per heavy atom. The zero-order valence-electron chi connectivity index (χ0n) is 9.21. The number of rotatable bonds is 4. The maximum atomic E-state index is 11.1. The molecule has 0 saturated heterocycles. The fourth-order valence-electron chi connectivity index (χ4n) is 2.45. The predicted molar refractivity (Wildman–Crippen MR) is 56.0 cm³/mol. The van der Waals surface area contributed by atoms with Crippen LogP contribution < -0.4 is 0 Å². The smallest absolute Gasteiger partial charge is 0.132 e. The van der Waals surface area contributed by atoms with Crippen LogP contribution in [0, 0.1) is 11.8 Å². The van der Waals surface area contributed by atoms with Crippen LogP contribution >= 0.6 is 0 Å². The normalized spacial score (nSPS) is 20.9. The highest BCUT2D eigenvalue weighted by Crippen LogP contribution is 2.32. The number of ketones is 2. The Morgan fingerprint density at radius 2 is 2.00 bits per heavy atom. The van der Waals surface area contributed by atoms with Gasteiger partial charge in [0.05, 0.1) is 0 Å². The van der Waals surface area contributed by atoms with Crippen LogP contribution in [0.3, 0.4) is 0 Å². The molecule has 2 nitrogen and oxygen atoms in total. The van der Waals surface area contributed by atoms with Gasteiger partial charge in [-0.1, -0.05) is 13.3 Å². The van der Waals surface area contributed by atoms with Gasteiger partial charge < -0.3 is 4.79 Å². The molecule has 0 aromatic heterocycles. The molecule has 0 aliphatic heterocycles. The lowest BCUT2D eigenvalue weighted by atomic mass is 9.76. The van der Waals surface area contributed by atoms with Gasteiger partial charge in [0.2, 0.25) is 0 Å². The van der Waals surface area contributed by atoms with Crippen LogP contribution in [0.5, 0.6) is 0 Å². The van der Waals surface area contributed by atoms with Crippen molar-refractivity contribution in [2.45, 2.75) is 52.4 Å². The minimum atomic E-state index is 0.286.